The quantitative estimate of drug-likeness (QED) is 0.477. The Morgan fingerprint density at radius 2 is 1.80 bits per heavy atom. The Morgan fingerprint density at radius 1 is 1.05 bits per heavy atom. The van der Waals surface area contributed by atoms with Gasteiger partial charge in [-0.2, -0.15) is 4.98 Å². The minimum Gasteiger partial charge on any atom is -0.493 e. The zero-order valence-electron chi connectivity index (χ0n) is 11.2. The third-order valence-corrected chi connectivity index (χ3v) is 3.15. The van der Waals surface area contributed by atoms with E-state index in [9.17, 15) is 0 Å². The SMILES string of the molecule is COc1ccc(Oc2cc(Cl)nc(SC)n2)cc1OC. The molecule has 0 amide bonds. The van der Waals surface area contributed by atoms with Crippen molar-refractivity contribution >= 4 is 23.4 Å². The van der Waals surface area contributed by atoms with Gasteiger partial charge in [-0.25, -0.2) is 4.98 Å². The third-order valence-electron chi connectivity index (χ3n) is 2.41. The fraction of sp³-hybridized carbons (Fsp3) is 0.231. The van der Waals surface area contributed by atoms with Crippen molar-refractivity contribution in [3.8, 4) is 23.1 Å². The van der Waals surface area contributed by atoms with Crippen LogP contribution in [0, 0.1) is 0 Å². The van der Waals surface area contributed by atoms with Gasteiger partial charge in [-0.05, 0) is 18.4 Å². The van der Waals surface area contributed by atoms with Gasteiger partial charge < -0.3 is 14.2 Å². The smallest absolute Gasteiger partial charge is 0.224 e. The van der Waals surface area contributed by atoms with E-state index >= 15 is 0 Å². The Morgan fingerprint density at radius 3 is 2.45 bits per heavy atom. The third kappa shape index (κ3) is 3.46. The van der Waals surface area contributed by atoms with Gasteiger partial charge in [-0.15, -0.1) is 0 Å². The topological polar surface area (TPSA) is 53.5 Å². The molecule has 0 saturated carbocycles. The molecular weight excluding hydrogens is 300 g/mol. The lowest BCUT2D eigenvalue weighted by atomic mass is 10.3. The number of methoxy groups -OCH3 is 2. The second-order valence-corrected chi connectivity index (χ2v) is 4.80. The molecule has 5 nitrogen and oxygen atoms in total. The summed E-state index contributed by atoms with van der Waals surface area (Å²) < 4.78 is 16.0. The second kappa shape index (κ2) is 6.67. The summed E-state index contributed by atoms with van der Waals surface area (Å²) in [5.74, 6) is 2.16. The van der Waals surface area contributed by atoms with Crippen molar-refractivity contribution in [2.24, 2.45) is 0 Å². The van der Waals surface area contributed by atoms with Crippen LogP contribution in [0.2, 0.25) is 5.15 Å². The molecule has 2 rings (SSSR count). The second-order valence-electron chi connectivity index (χ2n) is 3.63. The summed E-state index contributed by atoms with van der Waals surface area (Å²) in [5.41, 5.74) is 0. The summed E-state index contributed by atoms with van der Waals surface area (Å²) in [4.78, 5) is 8.27. The molecule has 0 saturated heterocycles. The number of ether oxygens (including phenoxy) is 3. The highest BCUT2D eigenvalue weighted by atomic mass is 35.5. The van der Waals surface area contributed by atoms with Crippen LogP contribution in [0.4, 0.5) is 0 Å². The van der Waals surface area contributed by atoms with Crippen molar-refractivity contribution in [3.63, 3.8) is 0 Å². The molecular formula is C13H13ClN2O3S. The van der Waals surface area contributed by atoms with E-state index in [1.54, 1.807) is 38.5 Å². The number of thioether (sulfide) groups is 1. The van der Waals surface area contributed by atoms with Crippen molar-refractivity contribution in [1.29, 1.82) is 0 Å². The standard InChI is InChI=1S/C13H13ClN2O3S/c1-17-9-5-4-8(6-10(9)18-2)19-12-7-11(14)15-13(16-12)20-3/h4-7H,1-3H3. The number of rotatable bonds is 5. The van der Waals surface area contributed by atoms with Gasteiger partial charge in [-0.1, -0.05) is 23.4 Å². The van der Waals surface area contributed by atoms with E-state index in [1.807, 2.05) is 6.26 Å². The molecule has 1 heterocycles. The molecule has 0 N–H and O–H groups in total. The van der Waals surface area contributed by atoms with Gasteiger partial charge in [-0.3, -0.25) is 0 Å². The van der Waals surface area contributed by atoms with E-state index < -0.39 is 0 Å². The highest BCUT2D eigenvalue weighted by Crippen LogP contribution is 2.33. The first kappa shape index (κ1) is 14.7. The average molecular weight is 313 g/mol. The Bertz CT molecular complexity index is 610. The number of aromatic nitrogens is 2. The molecule has 0 atom stereocenters. The first-order chi connectivity index (χ1) is 9.66. The zero-order chi connectivity index (χ0) is 14.5. The normalized spacial score (nSPS) is 10.2. The molecule has 20 heavy (non-hydrogen) atoms. The largest absolute Gasteiger partial charge is 0.493 e. The van der Waals surface area contributed by atoms with E-state index in [-0.39, 0.29) is 0 Å². The molecule has 1 aromatic carbocycles. The number of hydrogen-bond donors (Lipinski definition) is 0. The molecule has 0 aliphatic heterocycles. The van der Waals surface area contributed by atoms with Crippen LogP contribution in [-0.4, -0.2) is 30.4 Å². The van der Waals surface area contributed by atoms with Crippen molar-refractivity contribution < 1.29 is 14.2 Å². The fourth-order valence-electron chi connectivity index (χ4n) is 1.52. The van der Waals surface area contributed by atoms with Gasteiger partial charge in [0.2, 0.25) is 5.88 Å². The monoisotopic (exact) mass is 312 g/mol. The van der Waals surface area contributed by atoms with Crippen molar-refractivity contribution in [2.75, 3.05) is 20.5 Å². The Kier molecular flexibility index (Phi) is 4.92. The van der Waals surface area contributed by atoms with Crippen LogP contribution in [0.5, 0.6) is 23.1 Å². The van der Waals surface area contributed by atoms with Crippen LogP contribution in [-0.2, 0) is 0 Å². The molecule has 0 aliphatic carbocycles. The van der Waals surface area contributed by atoms with Crippen LogP contribution in [0.3, 0.4) is 0 Å². The molecule has 1 aromatic heterocycles. The molecule has 0 aliphatic rings. The van der Waals surface area contributed by atoms with E-state index in [1.165, 1.54) is 11.8 Å². The molecule has 2 aromatic rings. The van der Waals surface area contributed by atoms with Gasteiger partial charge in [0.25, 0.3) is 0 Å². The van der Waals surface area contributed by atoms with Crippen LogP contribution in [0.15, 0.2) is 29.4 Å². The Hall–Kier alpha value is -1.66. The molecule has 0 fully saturated rings. The maximum atomic E-state index is 5.91. The Balaban J connectivity index is 2.27. The van der Waals surface area contributed by atoms with Crippen LogP contribution in [0.1, 0.15) is 0 Å². The minimum absolute atomic E-state index is 0.333. The summed E-state index contributed by atoms with van der Waals surface area (Å²) in [6.45, 7) is 0. The van der Waals surface area contributed by atoms with E-state index in [0.29, 0.717) is 33.4 Å². The lowest BCUT2D eigenvalue weighted by molar-refractivity contribution is 0.351. The van der Waals surface area contributed by atoms with Gasteiger partial charge >= 0.3 is 0 Å². The summed E-state index contributed by atoms with van der Waals surface area (Å²) in [6, 6.07) is 6.79. The molecule has 0 bridgehead atoms. The van der Waals surface area contributed by atoms with Crippen LogP contribution < -0.4 is 14.2 Å². The first-order valence-corrected chi connectivity index (χ1v) is 7.25. The van der Waals surface area contributed by atoms with Crippen molar-refractivity contribution in [3.05, 3.63) is 29.4 Å². The minimum atomic E-state index is 0.333. The van der Waals surface area contributed by atoms with E-state index in [2.05, 4.69) is 9.97 Å². The maximum absolute atomic E-state index is 5.91. The number of nitrogens with zero attached hydrogens (tertiary/aromatic N) is 2. The highest BCUT2D eigenvalue weighted by Gasteiger charge is 2.08. The lowest BCUT2D eigenvalue weighted by Crippen LogP contribution is -1.94. The summed E-state index contributed by atoms with van der Waals surface area (Å²) in [5, 5.41) is 0.882. The zero-order valence-corrected chi connectivity index (χ0v) is 12.8. The van der Waals surface area contributed by atoms with Gasteiger partial charge in [0.1, 0.15) is 10.9 Å². The Labute approximate surface area is 126 Å². The molecule has 0 unspecified atom stereocenters. The summed E-state index contributed by atoms with van der Waals surface area (Å²) in [6.07, 6.45) is 1.87. The fourth-order valence-corrected chi connectivity index (χ4v) is 2.12. The molecule has 7 heteroatoms. The highest BCUT2D eigenvalue weighted by molar-refractivity contribution is 7.98. The van der Waals surface area contributed by atoms with Crippen molar-refractivity contribution in [1.82, 2.24) is 9.97 Å². The van der Waals surface area contributed by atoms with E-state index in [0.717, 1.165) is 0 Å². The maximum Gasteiger partial charge on any atom is 0.224 e. The number of hydrogen-bond acceptors (Lipinski definition) is 6. The summed E-state index contributed by atoms with van der Waals surface area (Å²) in [7, 11) is 3.14. The van der Waals surface area contributed by atoms with Crippen molar-refractivity contribution in [2.45, 2.75) is 5.16 Å². The molecule has 0 radical (unpaired) electrons. The first-order valence-electron chi connectivity index (χ1n) is 5.64. The van der Waals surface area contributed by atoms with Crippen LogP contribution >= 0.6 is 23.4 Å². The van der Waals surface area contributed by atoms with Gasteiger partial charge in [0.15, 0.2) is 16.7 Å². The molecule has 106 valence electrons. The predicted molar refractivity (Wildman–Crippen MR) is 78.4 cm³/mol. The van der Waals surface area contributed by atoms with Gasteiger partial charge in [0.05, 0.1) is 14.2 Å². The lowest BCUT2D eigenvalue weighted by Gasteiger charge is -2.10. The number of benzene rings is 1. The summed E-state index contributed by atoms with van der Waals surface area (Å²) >= 11 is 7.30. The number of halogens is 1. The van der Waals surface area contributed by atoms with Gasteiger partial charge in [0, 0.05) is 12.1 Å². The molecule has 0 spiro atoms. The van der Waals surface area contributed by atoms with Crippen LogP contribution in [0.25, 0.3) is 0 Å². The predicted octanol–water partition coefficient (Wildman–Crippen LogP) is 3.66. The van der Waals surface area contributed by atoms with E-state index in [4.69, 9.17) is 25.8 Å². The average Bonchev–Trinajstić information content (AvgIpc) is 2.46.